The highest BCUT2D eigenvalue weighted by atomic mass is 32.1. The van der Waals surface area contributed by atoms with Gasteiger partial charge in [0.2, 0.25) is 5.89 Å². The molecule has 0 fully saturated rings. The van der Waals surface area contributed by atoms with Crippen LogP contribution in [0.15, 0.2) is 174 Å². The van der Waals surface area contributed by atoms with Gasteiger partial charge in [-0.3, -0.25) is 0 Å². The molecule has 0 amide bonds. The smallest absolute Gasteiger partial charge is 0.227 e. The molecule has 3 aromatic heterocycles. The highest BCUT2D eigenvalue weighted by Crippen LogP contribution is 2.44. The summed E-state index contributed by atoms with van der Waals surface area (Å²) in [4.78, 5) is 19.9. The molecule has 0 radical (unpaired) electrons. The first-order valence-electron chi connectivity index (χ1n) is 17.1. The molecule has 244 valence electrons. The van der Waals surface area contributed by atoms with Gasteiger partial charge >= 0.3 is 0 Å². The minimum atomic E-state index is 0.603. The highest BCUT2D eigenvalue weighted by Gasteiger charge is 2.19. The van der Waals surface area contributed by atoms with Gasteiger partial charge in [-0.25, -0.2) is 19.9 Å². The lowest BCUT2D eigenvalue weighted by atomic mass is 10.0. The van der Waals surface area contributed by atoms with Crippen molar-refractivity contribution in [3.63, 3.8) is 0 Å². The summed E-state index contributed by atoms with van der Waals surface area (Å²) in [6.07, 6.45) is 0. The van der Waals surface area contributed by atoms with Crippen LogP contribution in [-0.4, -0.2) is 19.9 Å². The Hall–Kier alpha value is -6.76. The average molecular weight is 685 g/mol. The molecule has 0 saturated heterocycles. The second kappa shape index (κ2) is 12.5. The molecule has 10 aromatic rings. The van der Waals surface area contributed by atoms with Crippen molar-refractivity contribution in [1.29, 1.82) is 0 Å². The molecule has 7 aromatic carbocycles. The van der Waals surface area contributed by atoms with Crippen LogP contribution in [0.2, 0.25) is 0 Å². The Labute approximate surface area is 303 Å². The van der Waals surface area contributed by atoms with Crippen molar-refractivity contribution in [2.45, 2.75) is 0 Å². The summed E-state index contributed by atoms with van der Waals surface area (Å²) >= 11 is 1.77. The molecule has 5 nitrogen and oxygen atoms in total. The Kier molecular flexibility index (Phi) is 7.25. The van der Waals surface area contributed by atoms with Crippen LogP contribution in [0.4, 0.5) is 0 Å². The molecule has 0 aliphatic heterocycles. The normalized spacial score (nSPS) is 11.5. The van der Waals surface area contributed by atoms with Crippen molar-refractivity contribution < 1.29 is 4.42 Å². The summed E-state index contributed by atoms with van der Waals surface area (Å²) < 4.78 is 8.70. The van der Waals surface area contributed by atoms with Crippen LogP contribution in [0.3, 0.4) is 0 Å². The van der Waals surface area contributed by atoms with Crippen molar-refractivity contribution in [1.82, 2.24) is 19.9 Å². The van der Waals surface area contributed by atoms with E-state index in [4.69, 9.17) is 24.4 Å². The third-order valence-electron chi connectivity index (χ3n) is 9.38. The van der Waals surface area contributed by atoms with Crippen LogP contribution < -0.4 is 0 Å². The molecule has 10 rings (SSSR count). The van der Waals surface area contributed by atoms with Gasteiger partial charge in [0.05, 0.1) is 0 Å². The number of thiophene rings is 1. The van der Waals surface area contributed by atoms with Crippen molar-refractivity contribution in [3.8, 4) is 67.9 Å². The van der Waals surface area contributed by atoms with Crippen molar-refractivity contribution >= 4 is 42.6 Å². The van der Waals surface area contributed by atoms with Gasteiger partial charge in [0, 0.05) is 42.4 Å². The summed E-state index contributed by atoms with van der Waals surface area (Å²) in [7, 11) is 0. The third kappa shape index (κ3) is 5.34. The van der Waals surface area contributed by atoms with Crippen LogP contribution in [0.25, 0.3) is 99.1 Å². The van der Waals surface area contributed by atoms with Gasteiger partial charge in [0.25, 0.3) is 0 Å². The largest absolute Gasteiger partial charge is 0.436 e. The topological polar surface area (TPSA) is 64.7 Å². The molecular formula is C46H28N4OS. The van der Waals surface area contributed by atoms with E-state index in [0.717, 1.165) is 60.3 Å². The van der Waals surface area contributed by atoms with Crippen LogP contribution >= 0.6 is 11.3 Å². The maximum absolute atomic E-state index is 6.36. The van der Waals surface area contributed by atoms with Crippen molar-refractivity contribution in [3.05, 3.63) is 170 Å². The second-order valence-electron chi connectivity index (χ2n) is 12.7. The van der Waals surface area contributed by atoms with Gasteiger partial charge in [-0.15, -0.1) is 11.3 Å². The van der Waals surface area contributed by atoms with Crippen molar-refractivity contribution in [2.75, 3.05) is 0 Å². The van der Waals surface area contributed by atoms with E-state index in [-0.39, 0.29) is 0 Å². The van der Waals surface area contributed by atoms with Crippen LogP contribution in [0, 0.1) is 0 Å². The minimum Gasteiger partial charge on any atom is -0.436 e. The van der Waals surface area contributed by atoms with E-state index in [9.17, 15) is 0 Å². The number of oxazole rings is 1. The van der Waals surface area contributed by atoms with Gasteiger partial charge in [-0.1, -0.05) is 140 Å². The number of hydrogen-bond donors (Lipinski definition) is 0. The van der Waals surface area contributed by atoms with E-state index in [0.29, 0.717) is 23.4 Å². The molecule has 0 spiro atoms. The SMILES string of the molecule is c1ccc(-c2ccc3nc(-c4cccc(-c5cccc6c5sc5c(-c7nc(-c8ccccc8)nc(-c8ccccc8)n7)cccc56)c4)oc3c2)cc1. The van der Waals surface area contributed by atoms with Gasteiger partial charge in [-0.2, -0.15) is 0 Å². The molecule has 0 N–H and O–H groups in total. The van der Waals surface area contributed by atoms with E-state index < -0.39 is 0 Å². The number of rotatable bonds is 6. The Morgan fingerprint density at radius 3 is 1.58 bits per heavy atom. The average Bonchev–Trinajstić information content (AvgIpc) is 3.83. The number of hydrogen-bond acceptors (Lipinski definition) is 6. The van der Waals surface area contributed by atoms with Gasteiger partial charge in [0.15, 0.2) is 23.1 Å². The van der Waals surface area contributed by atoms with Crippen molar-refractivity contribution in [2.24, 2.45) is 0 Å². The van der Waals surface area contributed by atoms with E-state index in [2.05, 4.69) is 84.9 Å². The molecular weight excluding hydrogens is 657 g/mol. The summed E-state index contributed by atoms with van der Waals surface area (Å²) in [6.45, 7) is 0. The van der Waals surface area contributed by atoms with Gasteiger partial charge in [-0.05, 0) is 52.6 Å². The van der Waals surface area contributed by atoms with Crippen LogP contribution in [0.5, 0.6) is 0 Å². The third-order valence-corrected chi connectivity index (χ3v) is 10.7. The van der Waals surface area contributed by atoms with E-state index in [1.165, 1.54) is 15.5 Å². The molecule has 0 aliphatic rings. The monoisotopic (exact) mass is 684 g/mol. The van der Waals surface area contributed by atoms with Gasteiger partial charge in [0.1, 0.15) is 5.52 Å². The lowest BCUT2D eigenvalue weighted by molar-refractivity contribution is 0.620. The Balaban J connectivity index is 1.08. The zero-order valence-corrected chi connectivity index (χ0v) is 28.6. The van der Waals surface area contributed by atoms with E-state index in [1.807, 2.05) is 84.9 Å². The number of nitrogens with zero attached hydrogens (tertiary/aromatic N) is 4. The standard InChI is InChI=1S/C46H28N4OS/c1-4-13-29(14-5-1)32-25-26-39-40(28-32)51-46(47-39)34-20-10-19-33(27-34)35-21-11-22-36-37-23-12-24-38(42(37)52-41(35)36)45-49-43(30-15-6-2-7-16-30)48-44(50-45)31-17-8-3-9-18-31/h1-28H. The fourth-order valence-electron chi connectivity index (χ4n) is 6.83. The zero-order chi connectivity index (χ0) is 34.4. The molecule has 0 atom stereocenters. The molecule has 0 saturated carbocycles. The van der Waals surface area contributed by atoms with E-state index >= 15 is 0 Å². The molecule has 0 bridgehead atoms. The molecule has 6 heteroatoms. The first-order valence-corrected chi connectivity index (χ1v) is 18.0. The Bertz CT molecular complexity index is 2840. The fraction of sp³-hybridized carbons (Fsp3) is 0. The first-order chi connectivity index (χ1) is 25.7. The minimum absolute atomic E-state index is 0.603. The second-order valence-corrected chi connectivity index (χ2v) is 13.7. The predicted molar refractivity (Wildman–Crippen MR) is 213 cm³/mol. The Morgan fingerprint density at radius 1 is 0.365 bits per heavy atom. The molecule has 0 unspecified atom stereocenters. The maximum Gasteiger partial charge on any atom is 0.227 e. The summed E-state index contributed by atoms with van der Waals surface area (Å²) in [6, 6.07) is 58.1. The summed E-state index contributed by atoms with van der Waals surface area (Å²) in [5.74, 6) is 2.55. The zero-order valence-electron chi connectivity index (χ0n) is 27.8. The maximum atomic E-state index is 6.36. The highest BCUT2D eigenvalue weighted by molar-refractivity contribution is 7.26. The van der Waals surface area contributed by atoms with E-state index in [1.54, 1.807) is 11.3 Å². The lowest BCUT2D eigenvalue weighted by Gasteiger charge is -2.09. The molecule has 0 aliphatic carbocycles. The van der Waals surface area contributed by atoms with Crippen LogP contribution in [0.1, 0.15) is 0 Å². The quantitative estimate of drug-likeness (QED) is 0.174. The molecule has 3 heterocycles. The first kappa shape index (κ1) is 30.1. The number of benzene rings is 7. The van der Waals surface area contributed by atoms with Crippen LogP contribution in [-0.2, 0) is 0 Å². The molecule has 52 heavy (non-hydrogen) atoms. The lowest BCUT2D eigenvalue weighted by Crippen LogP contribution is -2.00. The fourth-order valence-corrected chi connectivity index (χ4v) is 8.18. The summed E-state index contributed by atoms with van der Waals surface area (Å²) in [5, 5.41) is 2.37. The van der Waals surface area contributed by atoms with Gasteiger partial charge < -0.3 is 4.42 Å². The Morgan fingerprint density at radius 2 is 0.904 bits per heavy atom. The number of aromatic nitrogens is 4. The predicted octanol–water partition coefficient (Wildman–Crippen LogP) is 12.4. The number of fused-ring (bicyclic) bond motifs is 4. The summed E-state index contributed by atoms with van der Waals surface area (Å²) in [5.41, 5.74) is 9.92.